The molecule has 98 valence electrons. The van der Waals surface area contributed by atoms with Crippen molar-refractivity contribution in [3.05, 3.63) is 63.3 Å². The molecule has 0 nitrogen and oxygen atoms in total. The molecule has 0 saturated carbocycles. The van der Waals surface area contributed by atoms with Crippen molar-refractivity contribution < 1.29 is 0 Å². The van der Waals surface area contributed by atoms with Gasteiger partial charge in [0.15, 0.2) is 0 Å². The third-order valence-corrected chi connectivity index (χ3v) is 4.61. The summed E-state index contributed by atoms with van der Waals surface area (Å²) >= 11 is 2.45. The van der Waals surface area contributed by atoms with Gasteiger partial charge >= 0.3 is 0 Å². The minimum atomic E-state index is 0.627. The molecule has 0 saturated heterocycles. The number of rotatable bonds is 2. The standard InChI is InChI=1S/C18H19I/c19-18-12-16(14-7-3-1-4-8-14)11-17(13-18)15-9-5-2-6-10-15/h1,3,5,7,9,11-13,15H,2,4,6,8,10H2. The quantitative estimate of drug-likeness (QED) is 0.457. The number of halogens is 1. The van der Waals surface area contributed by atoms with Crippen molar-refractivity contribution in [3.8, 4) is 0 Å². The predicted molar refractivity (Wildman–Crippen MR) is 91.2 cm³/mol. The lowest BCUT2D eigenvalue weighted by Crippen LogP contribution is -2.01. The topological polar surface area (TPSA) is 0 Å². The average Bonchev–Trinajstić information content (AvgIpc) is 2.48. The molecule has 0 radical (unpaired) electrons. The van der Waals surface area contributed by atoms with Crippen molar-refractivity contribution in [2.45, 2.75) is 38.0 Å². The second kappa shape index (κ2) is 6.08. The van der Waals surface area contributed by atoms with E-state index in [0.29, 0.717) is 5.92 Å². The van der Waals surface area contributed by atoms with Gasteiger partial charge in [0, 0.05) is 9.49 Å². The summed E-state index contributed by atoms with van der Waals surface area (Å²) in [7, 11) is 0. The molecule has 19 heavy (non-hydrogen) atoms. The predicted octanol–water partition coefficient (Wildman–Crippen LogP) is 5.85. The molecule has 1 unspecified atom stereocenters. The van der Waals surface area contributed by atoms with Crippen molar-refractivity contribution in [1.29, 1.82) is 0 Å². The van der Waals surface area contributed by atoms with Gasteiger partial charge in [-0.3, -0.25) is 0 Å². The van der Waals surface area contributed by atoms with Gasteiger partial charge in [0.05, 0.1) is 0 Å². The van der Waals surface area contributed by atoms with Crippen LogP contribution in [0.25, 0.3) is 5.57 Å². The van der Waals surface area contributed by atoms with Crippen LogP contribution in [0.2, 0.25) is 0 Å². The minimum absolute atomic E-state index is 0.627. The summed E-state index contributed by atoms with van der Waals surface area (Å²) in [6, 6.07) is 7.08. The molecule has 0 heterocycles. The van der Waals surface area contributed by atoms with E-state index in [-0.39, 0.29) is 0 Å². The van der Waals surface area contributed by atoms with E-state index in [2.05, 4.69) is 71.2 Å². The summed E-state index contributed by atoms with van der Waals surface area (Å²) in [6.45, 7) is 0. The number of hydrogen-bond donors (Lipinski definition) is 0. The molecule has 0 bridgehead atoms. The minimum Gasteiger partial charge on any atom is -0.0879 e. The molecule has 3 rings (SSSR count). The van der Waals surface area contributed by atoms with E-state index in [1.54, 1.807) is 0 Å². The molecule has 1 aromatic rings. The van der Waals surface area contributed by atoms with Crippen LogP contribution in [0.1, 0.15) is 49.1 Å². The Morgan fingerprint density at radius 3 is 2.74 bits per heavy atom. The van der Waals surface area contributed by atoms with Crippen LogP contribution in [-0.2, 0) is 0 Å². The van der Waals surface area contributed by atoms with Gasteiger partial charge in [-0.05, 0) is 83.5 Å². The number of allylic oxidation sites excluding steroid dienone is 6. The summed E-state index contributed by atoms with van der Waals surface area (Å²) in [6.07, 6.45) is 17.7. The smallest absolute Gasteiger partial charge is 0.0139 e. The lowest BCUT2D eigenvalue weighted by Gasteiger charge is -2.19. The Kier molecular flexibility index (Phi) is 4.21. The molecule has 2 aliphatic rings. The monoisotopic (exact) mass is 362 g/mol. The molecule has 0 spiro atoms. The van der Waals surface area contributed by atoms with Gasteiger partial charge in [-0.25, -0.2) is 0 Å². The van der Waals surface area contributed by atoms with Crippen LogP contribution in [-0.4, -0.2) is 0 Å². The van der Waals surface area contributed by atoms with E-state index in [0.717, 1.165) is 0 Å². The van der Waals surface area contributed by atoms with E-state index in [4.69, 9.17) is 0 Å². The van der Waals surface area contributed by atoms with E-state index in [1.165, 1.54) is 52.4 Å². The van der Waals surface area contributed by atoms with Gasteiger partial charge in [0.2, 0.25) is 0 Å². The van der Waals surface area contributed by atoms with Crippen LogP contribution in [0.4, 0.5) is 0 Å². The fraction of sp³-hybridized carbons (Fsp3) is 0.333. The van der Waals surface area contributed by atoms with Gasteiger partial charge in [0.1, 0.15) is 0 Å². The number of benzene rings is 1. The van der Waals surface area contributed by atoms with Crippen LogP contribution in [0.3, 0.4) is 0 Å². The third-order valence-electron chi connectivity index (χ3n) is 3.99. The Morgan fingerprint density at radius 2 is 2.00 bits per heavy atom. The van der Waals surface area contributed by atoms with Crippen molar-refractivity contribution in [2.75, 3.05) is 0 Å². The molecule has 2 aliphatic carbocycles. The molecule has 0 amide bonds. The maximum atomic E-state index is 2.45. The first-order valence-electron chi connectivity index (χ1n) is 7.16. The molecule has 1 heteroatoms. The summed E-state index contributed by atoms with van der Waals surface area (Å²) in [5.74, 6) is 0.627. The van der Waals surface area contributed by atoms with Crippen LogP contribution in [0.15, 0.2) is 48.6 Å². The first-order chi connectivity index (χ1) is 9.33. The fourth-order valence-electron chi connectivity index (χ4n) is 2.95. The molecule has 1 aromatic carbocycles. The van der Waals surface area contributed by atoms with Crippen LogP contribution >= 0.6 is 22.6 Å². The van der Waals surface area contributed by atoms with E-state index in [1.807, 2.05) is 0 Å². The second-order valence-corrected chi connectivity index (χ2v) is 6.64. The molecule has 0 aromatic heterocycles. The lowest BCUT2D eigenvalue weighted by atomic mass is 9.87. The maximum Gasteiger partial charge on any atom is 0.0139 e. The first kappa shape index (κ1) is 13.2. The van der Waals surface area contributed by atoms with Crippen LogP contribution < -0.4 is 0 Å². The van der Waals surface area contributed by atoms with Crippen molar-refractivity contribution in [2.24, 2.45) is 0 Å². The van der Waals surface area contributed by atoms with Gasteiger partial charge < -0.3 is 0 Å². The Balaban J connectivity index is 1.95. The Morgan fingerprint density at radius 1 is 1.05 bits per heavy atom. The van der Waals surface area contributed by atoms with Gasteiger partial charge in [-0.1, -0.05) is 36.4 Å². The maximum absolute atomic E-state index is 2.45. The van der Waals surface area contributed by atoms with Crippen molar-refractivity contribution in [1.82, 2.24) is 0 Å². The number of hydrogen-bond acceptors (Lipinski definition) is 0. The highest BCUT2D eigenvalue weighted by molar-refractivity contribution is 14.1. The zero-order valence-electron chi connectivity index (χ0n) is 11.1. The second-order valence-electron chi connectivity index (χ2n) is 5.40. The summed E-state index contributed by atoms with van der Waals surface area (Å²) in [4.78, 5) is 0. The van der Waals surface area contributed by atoms with Crippen LogP contribution in [0.5, 0.6) is 0 Å². The first-order valence-corrected chi connectivity index (χ1v) is 8.24. The zero-order valence-corrected chi connectivity index (χ0v) is 13.3. The highest BCUT2D eigenvalue weighted by Crippen LogP contribution is 2.32. The molecular weight excluding hydrogens is 343 g/mol. The SMILES string of the molecule is Ic1cc(C2=CC=CCC2)cc(C2C=CCCC2)c1. The average molecular weight is 362 g/mol. The van der Waals surface area contributed by atoms with Gasteiger partial charge in [0.25, 0.3) is 0 Å². The van der Waals surface area contributed by atoms with E-state index in [9.17, 15) is 0 Å². The fourth-order valence-corrected chi connectivity index (χ4v) is 3.64. The highest BCUT2D eigenvalue weighted by atomic mass is 127. The van der Waals surface area contributed by atoms with Crippen molar-refractivity contribution in [3.63, 3.8) is 0 Å². The largest absolute Gasteiger partial charge is 0.0879 e. The molecule has 0 N–H and O–H groups in total. The molecule has 1 atom stereocenters. The Bertz CT molecular complexity index is 549. The summed E-state index contributed by atoms with van der Waals surface area (Å²) in [5, 5.41) is 0. The van der Waals surface area contributed by atoms with E-state index < -0.39 is 0 Å². The van der Waals surface area contributed by atoms with Gasteiger partial charge in [-0.2, -0.15) is 0 Å². The molecule has 0 aliphatic heterocycles. The Labute approximate surface area is 129 Å². The van der Waals surface area contributed by atoms with Gasteiger partial charge in [-0.15, -0.1) is 0 Å². The molecule has 0 fully saturated rings. The molecular formula is C18H19I. The zero-order chi connectivity index (χ0) is 13.1. The van der Waals surface area contributed by atoms with Crippen LogP contribution in [0, 0.1) is 3.57 Å². The normalized spacial score (nSPS) is 22.4. The summed E-state index contributed by atoms with van der Waals surface area (Å²) < 4.78 is 1.36. The van der Waals surface area contributed by atoms with E-state index >= 15 is 0 Å². The third kappa shape index (κ3) is 3.19. The summed E-state index contributed by atoms with van der Waals surface area (Å²) in [5.41, 5.74) is 4.40. The Hall–Kier alpha value is -0.830. The highest BCUT2D eigenvalue weighted by Gasteiger charge is 2.13. The lowest BCUT2D eigenvalue weighted by molar-refractivity contribution is 0.654. The van der Waals surface area contributed by atoms with Crippen molar-refractivity contribution >= 4 is 28.2 Å².